The van der Waals surface area contributed by atoms with Crippen molar-refractivity contribution in [3.05, 3.63) is 0 Å². The second kappa shape index (κ2) is 5.12. The summed E-state index contributed by atoms with van der Waals surface area (Å²) in [6, 6.07) is 0.625. The fraction of sp³-hybridized carbons (Fsp3) is 1.00. The van der Waals surface area contributed by atoms with Crippen molar-refractivity contribution in [1.29, 1.82) is 0 Å². The molecule has 0 aliphatic carbocycles. The Labute approximate surface area is 62.6 Å². The van der Waals surface area contributed by atoms with E-state index in [0.29, 0.717) is 6.04 Å². The molecule has 0 aromatic heterocycles. The Morgan fingerprint density at radius 2 is 1.89 bits per heavy atom. The van der Waals surface area contributed by atoms with Crippen LogP contribution in [0.15, 0.2) is 0 Å². The van der Waals surface area contributed by atoms with Crippen LogP contribution in [0.4, 0.5) is 0 Å². The molecule has 0 fully saturated rings. The highest BCUT2D eigenvalue weighted by Crippen LogP contribution is 2.02. The molecule has 1 nitrogen and oxygen atoms in total. The molecule has 1 unspecified atom stereocenters. The topological polar surface area (TPSA) is 12.0 Å². The van der Waals surface area contributed by atoms with E-state index in [1.165, 1.54) is 0 Å². The standard InChI is InChI=1S/C7H17NS/c1-6(2)8-5-7(3)9-4/h6-8H,5H2,1-4H3. The lowest BCUT2D eigenvalue weighted by Crippen LogP contribution is -2.28. The maximum Gasteiger partial charge on any atom is 0.0141 e. The molecule has 2 heteroatoms. The van der Waals surface area contributed by atoms with Crippen LogP contribution >= 0.6 is 11.8 Å². The van der Waals surface area contributed by atoms with E-state index in [1.54, 1.807) is 0 Å². The van der Waals surface area contributed by atoms with Crippen LogP contribution in [0.2, 0.25) is 0 Å². The van der Waals surface area contributed by atoms with Gasteiger partial charge in [0, 0.05) is 17.8 Å². The normalized spacial score (nSPS) is 14.3. The van der Waals surface area contributed by atoms with Gasteiger partial charge < -0.3 is 5.32 Å². The van der Waals surface area contributed by atoms with Gasteiger partial charge in [-0.1, -0.05) is 20.8 Å². The molecule has 1 atom stereocenters. The Bertz CT molecular complexity index is 63.9. The van der Waals surface area contributed by atoms with Crippen molar-refractivity contribution >= 4 is 11.8 Å². The molecule has 0 radical (unpaired) electrons. The largest absolute Gasteiger partial charge is 0.313 e. The summed E-state index contributed by atoms with van der Waals surface area (Å²) in [5.74, 6) is 0. The summed E-state index contributed by atoms with van der Waals surface area (Å²) in [7, 11) is 0. The molecule has 0 saturated carbocycles. The van der Waals surface area contributed by atoms with Gasteiger partial charge in [-0.25, -0.2) is 0 Å². The van der Waals surface area contributed by atoms with Gasteiger partial charge in [-0.15, -0.1) is 0 Å². The van der Waals surface area contributed by atoms with Crippen LogP contribution < -0.4 is 5.32 Å². The molecule has 0 heterocycles. The van der Waals surface area contributed by atoms with Crippen LogP contribution in [-0.4, -0.2) is 24.1 Å². The summed E-state index contributed by atoms with van der Waals surface area (Å²) in [5.41, 5.74) is 0. The van der Waals surface area contributed by atoms with Gasteiger partial charge in [0.15, 0.2) is 0 Å². The maximum atomic E-state index is 3.38. The SMILES string of the molecule is CSC(C)CNC(C)C. The highest BCUT2D eigenvalue weighted by molar-refractivity contribution is 7.99. The Balaban J connectivity index is 3.06. The molecule has 9 heavy (non-hydrogen) atoms. The highest BCUT2D eigenvalue weighted by Gasteiger charge is 1.98. The van der Waals surface area contributed by atoms with Crippen LogP contribution in [0.3, 0.4) is 0 Å². The lowest BCUT2D eigenvalue weighted by molar-refractivity contribution is 0.589. The molecule has 0 amide bonds. The molecular formula is C7H17NS. The summed E-state index contributed by atoms with van der Waals surface area (Å²) in [4.78, 5) is 0. The monoisotopic (exact) mass is 147 g/mol. The van der Waals surface area contributed by atoms with Crippen molar-refractivity contribution in [1.82, 2.24) is 5.32 Å². The van der Waals surface area contributed by atoms with Crippen LogP contribution in [0.5, 0.6) is 0 Å². The maximum absolute atomic E-state index is 3.38. The molecule has 0 spiro atoms. The lowest BCUT2D eigenvalue weighted by atomic mass is 10.3. The van der Waals surface area contributed by atoms with Crippen LogP contribution in [0.1, 0.15) is 20.8 Å². The zero-order chi connectivity index (χ0) is 7.28. The number of rotatable bonds is 4. The summed E-state index contributed by atoms with van der Waals surface area (Å²) in [5, 5.41) is 4.12. The average molecular weight is 147 g/mol. The Kier molecular flexibility index (Phi) is 5.30. The number of thioether (sulfide) groups is 1. The van der Waals surface area contributed by atoms with Crippen LogP contribution in [-0.2, 0) is 0 Å². The van der Waals surface area contributed by atoms with E-state index >= 15 is 0 Å². The predicted molar refractivity (Wildman–Crippen MR) is 46.1 cm³/mol. The van der Waals surface area contributed by atoms with Crippen molar-refractivity contribution in [3.63, 3.8) is 0 Å². The third kappa shape index (κ3) is 6.19. The van der Waals surface area contributed by atoms with Crippen molar-refractivity contribution in [2.75, 3.05) is 12.8 Å². The van der Waals surface area contributed by atoms with Gasteiger partial charge in [0.05, 0.1) is 0 Å². The van der Waals surface area contributed by atoms with E-state index in [2.05, 4.69) is 32.3 Å². The average Bonchev–Trinajstić information content (AvgIpc) is 1.83. The van der Waals surface area contributed by atoms with E-state index in [9.17, 15) is 0 Å². The summed E-state index contributed by atoms with van der Waals surface area (Å²) in [6.45, 7) is 7.71. The first-order valence-corrected chi connectivity index (χ1v) is 4.71. The highest BCUT2D eigenvalue weighted by atomic mass is 32.2. The van der Waals surface area contributed by atoms with E-state index in [1.807, 2.05) is 11.8 Å². The summed E-state index contributed by atoms with van der Waals surface area (Å²) in [6.07, 6.45) is 2.15. The second-order valence-electron chi connectivity index (χ2n) is 2.61. The fourth-order valence-corrected chi connectivity index (χ4v) is 0.748. The van der Waals surface area contributed by atoms with Gasteiger partial charge in [-0.3, -0.25) is 0 Å². The molecular weight excluding hydrogens is 130 g/mol. The Morgan fingerprint density at radius 3 is 2.22 bits per heavy atom. The zero-order valence-electron chi connectivity index (χ0n) is 6.77. The van der Waals surface area contributed by atoms with Gasteiger partial charge in [0.2, 0.25) is 0 Å². The van der Waals surface area contributed by atoms with Crippen LogP contribution in [0.25, 0.3) is 0 Å². The smallest absolute Gasteiger partial charge is 0.0141 e. The Morgan fingerprint density at radius 1 is 1.33 bits per heavy atom. The first-order chi connectivity index (χ1) is 4.16. The summed E-state index contributed by atoms with van der Waals surface area (Å²) < 4.78 is 0. The third-order valence-electron chi connectivity index (χ3n) is 1.22. The van der Waals surface area contributed by atoms with Gasteiger partial charge in [0.25, 0.3) is 0 Å². The van der Waals surface area contributed by atoms with Gasteiger partial charge >= 0.3 is 0 Å². The third-order valence-corrected chi connectivity index (χ3v) is 2.19. The minimum absolute atomic E-state index is 0.625. The lowest BCUT2D eigenvalue weighted by Gasteiger charge is -2.11. The first-order valence-electron chi connectivity index (χ1n) is 3.43. The number of hydrogen-bond donors (Lipinski definition) is 1. The van der Waals surface area contributed by atoms with E-state index < -0.39 is 0 Å². The molecule has 0 rings (SSSR count). The van der Waals surface area contributed by atoms with E-state index in [-0.39, 0.29) is 0 Å². The van der Waals surface area contributed by atoms with Crippen molar-refractivity contribution in [2.45, 2.75) is 32.1 Å². The fourth-order valence-electron chi connectivity index (χ4n) is 0.485. The first kappa shape index (κ1) is 9.31. The van der Waals surface area contributed by atoms with Gasteiger partial charge in [-0.05, 0) is 6.26 Å². The molecule has 0 aliphatic heterocycles. The van der Waals surface area contributed by atoms with Crippen molar-refractivity contribution in [2.24, 2.45) is 0 Å². The number of hydrogen-bond acceptors (Lipinski definition) is 2. The molecule has 0 aliphatic rings. The molecule has 1 N–H and O–H groups in total. The minimum atomic E-state index is 0.625. The van der Waals surface area contributed by atoms with Gasteiger partial charge in [0.1, 0.15) is 0 Å². The molecule has 56 valence electrons. The predicted octanol–water partition coefficient (Wildman–Crippen LogP) is 1.74. The molecule has 0 bridgehead atoms. The van der Waals surface area contributed by atoms with E-state index in [4.69, 9.17) is 0 Å². The van der Waals surface area contributed by atoms with Crippen LogP contribution in [0, 0.1) is 0 Å². The van der Waals surface area contributed by atoms with E-state index in [0.717, 1.165) is 11.8 Å². The summed E-state index contributed by atoms with van der Waals surface area (Å²) >= 11 is 1.90. The molecule has 0 saturated heterocycles. The molecule has 0 aromatic rings. The number of nitrogens with one attached hydrogen (secondary N) is 1. The quantitative estimate of drug-likeness (QED) is 0.650. The zero-order valence-corrected chi connectivity index (χ0v) is 7.59. The van der Waals surface area contributed by atoms with Crippen molar-refractivity contribution in [3.8, 4) is 0 Å². The second-order valence-corrected chi connectivity index (χ2v) is 3.89. The molecule has 0 aromatic carbocycles. The van der Waals surface area contributed by atoms with Gasteiger partial charge in [-0.2, -0.15) is 11.8 Å². The van der Waals surface area contributed by atoms with Crippen molar-refractivity contribution < 1.29 is 0 Å². The Hall–Kier alpha value is 0.310. The minimum Gasteiger partial charge on any atom is -0.313 e.